The summed E-state index contributed by atoms with van der Waals surface area (Å²) in [6.07, 6.45) is -2.87. The zero-order valence-corrected chi connectivity index (χ0v) is 19.9. The van der Waals surface area contributed by atoms with Crippen LogP contribution in [0.25, 0.3) is 0 Å². The number of hydrogen-bond acceptors (Lipinski definition) is 4. The first kappa shape index (κ1) is 25.7. The van der Waals surface area contributed by atoms with Crippen LogP contribution in [0.5, 0.6) is 0 Å². The van der Waals surface area contributed by atoms with E-state index in [9.17, 15) is 27.6 Å². The maximum atomic E-state index is 13.2. The minimum absolute atomic E-state index is 0.0684. The molecule has 0 radical (unpaired) electrons. The van der Waals surface area contributed by atoms with Gasteiger partial charge in [0.1, 0.15) is 0 Å². The van der Waals surface area contributed by atoms with Crippen molar-refractivity contribution in [2.45, 2.75) is 31.9 Å². The number of alkyl halides is 3. The Morgan fingerprint density at radius 1 is 0.833 bits per heavy atom. The van der Waals surface area contributed by atoms with Crippen molar-refractivity contribution in [3.63, 3.8) is 0 Å². The molecule has 0 unspecified atom stereocenters. The number of fused-ring (bicyclic) bond motifs is 1. The molecule has 2 aliphatic heterocycles. The molecule has 10 heteroatoms. The van der Waals surface area contributed by atoms with E-state index in [1.165, 1.54) is 18.2 Å². The van der Waals surface area contributed by atoms with Gasteiger partial charge in [0, 0.05) is 51.3 Å². The fraction of sp³-hybridized carbons (Fsp3) is 0.423. The van der Waals surface area contributed by atoms with E-state index in [1.807, 2.05) is 29.2 Å². The van der Waals surface area contributed by atoms with E-state index in [0.717, 1.165) is 23.7 Å². The Kier molecular flexibility index (Phi) is 7.93. The third kappa shape index (κ3) is 6.23. The van der Waals surface area contributed by atoms with Crippen molar-refractivity contribution < 1.29 is 27.6 Å². The molecule has 0 spiro atoms. The van der Waals surface area contributed by atoms with Crippen molar-refractivity contribution in [3.8, 4) is 0 Å². The van der Waals surface area contributed by atoms with Crippen LogP contribution in [0.1, 0.15) is 30.4 Å². The Morgan fingerprint density at radius 3 is 2.36 bits per heavy atom. The molecule has 3 amide bonds. The lowest BCUT2D eigenvalue weighted by atomic mass is 10.1. The quantitative estimate of drug-likeness (QED) is 0.656. The van der Waals surface area contributed by atoms with Crippen molar-refractivity contribution >= 4 is 29.1 Å². The molecule has 2 aromatic carbocycles. The summed E-state index contributed by atoms with van der Waals surface area (Å²) < 4.78 is 39.5. The average Bonchev–Trinajstić information content (AvgIpc) is 3.14. The van der Waals surface area contributed by atoms with Gasteiger partial charge in [-0.2, -0.15) is 13.2 Å². The van der Waals surface area contributed by atoms with E-state index in [-0.39, 0.29) is 36.9 Å². The molecule has 1 N–H and O–H groups in total. The Morgan fingerprint density at radius 2 is 1.56 bits per heavy atom. The van der Waals surface area contributed by atoms with Gasteiger partial charge < -0.3 is 15.1 Å². The number of hydrogen-bond donors (Lipinski definition) is 1. The molecular formula is C26H29F3N4O3. The lowest BCUT2D eigenvalue weighted by Gasteiger charge is -2.23. The number of amides is 3. The Labute approximate surface area is 207 Å². The number of para-hydroxylation sites is 2. The monoisotopic (exact) mass is 502 g/mol. The minimum atomic E-state index is -4.56. The summed E-state index contributed by atoms with van der Waals surface area (Å²) in [6, 6.07) is 12.6. The lowest BCUT2D eigenvalue weighted by molar-refractivity contribution is -0.137. The van der Waals surface area contributed by atoms with Crippen LogP contribution in [-0.4, -0.2) is 66.8 Å². The van der Waals surface area contributed by atoms with Gasteiger partial charge in [-0.05, 0) is 36.6 Å². The fourth-order valence-electron chi connectivity index (χ4n) is 4.71. The highest BCUT2D eigenvalue weighted by molar-refractivity contribution is 5.97. The summed E-state index contributed by atoms with van der Waals surface area (Å²) in [5, 5.41) is 2.36. The van der Waals surface area contributed by atoms with Crippen LogP contribution in [0, 0.1) is 0 Å². The van der Waals surface area contributed by atoms with Crippen LogP contribution in [0.2, 0.25) is 0 Å². The van der Waals surface area contributed by atoms with Crippen LogP contribution in [0.4, 0.5) is 24.5 Å². The maximum Gasteiger partial charge on any atom is 0.418 e. The van der Waals surface area contributed by atoms with Crippen LogP contribution >= 0.6 is 0 Å². The Balaban J connectivity index is 1.24. The molecule has 0 aliphatic carbocycles. The minimum Gasteiger partial charge on any atom is -0.341 e. The molecule has 1 fully saturated rings. The Bertz CT molecular complexity index is 1120. The predicted octanol–water partition coefficient (Wildman–Crippen LogP) is 3.55. The van der Waals surface area contributed by atoms with E-state index in [1.54, 1.807) is 9.80 Å². The summed E-state index contributed by atoms with van der Waals surface area (Å²) in [6.45, 7) is 2.43. The molecule has 0 atom stereocenters. The van der Waals surface area contributed by atoms with Crippen molar-refractivity contribution in [1.29, 1.82) is 0 Å². The molecule has 2 heterocycles. The molecule has 4 rings (SSSR count). The number of benzene rings is 2. The molecule has 36 heavy (non-hydrogen) atoms. The van der Waals surface area contributed by atoms with Crippen molar-refractivity contribution in [2.24, 2.45) is 0 Å². The predicted molar refractivity (Wildman–Crippen MR) is 129 cm³/mol. The second-order valence-corrected chi connectivity index (χ2v) is 9.03. The standard InChI is InChI=1S/C26H29F3N4O3/c27-26(28,29)20-7-2-3-8-21(20)30-23(34)18-31-13-5-14-32(17-16-31)24(35)10-11-25(36)33-15-12-19-6-1-4-9-22(19)33/h1-4,6-9H,5,10-18H2,(H,30,34). The summed E-state index contributed by atoms with van der Waals surface area (Å²) in [4.78, 5) is 43.2. The van der Waals surface area contributed by atoms with Crippen LogP contribution < -0.4 is 10.2 Å². The number of nitrogens with one attached hydrogen (secondary N) is 1. The summed E-state index contributed by atoms with van der Waals surface area (Å²) in [5.74, 6) is -0.718. The van der Waals surface area contributed by atoms with Gasteiger partial charge >= 0.3 is 6.18 Å². The first-order valence-electron chi connectivity index (χ1n) is 12.1. The van der Waals surface area contributed by atoms with E-state index in [4.69, 9.17) is 0 Å². The fourth-order valence-corrected chi connectivity index (χ4v) is 4.71. The first-order valence-corrected chi connectivity index (χ1v) is 12.1. The van der Waals surface area contributed by atoms with Gasteiger partial charge in [-0.25, -0.2) is 0 Å². The highest BCUT2D eigenvalue weighted by atomic mass is 19.4. The average molecular weight is 503 g/mol. The Hall–Kier alpha value is -3.40. The third-order valence-corrected chi connectivity index (χ3v) is 6.56. The normalized spacial score (nSPS) is 16.4. The topological polar surface area (TPSA) is 73.0 Å². The second-order valence-electron chi connectivity index (χ2n) is 9.03. The molecule has 1 saturated heterocycles. The van der Waals surface area contributed by atoms with Gasteiger partial charge in [0.15, 0.2) is 0 Å². The number of nitrogens with zero attached hydrogens (tertiary/aromatic N) is 3. The van der Waals surface area contributed by atoms with Crippen LogP contribution in [0.3, 0.4) is 0 Å². The maximum absolute atomic E-state index is 13.2. The van der Waals surface area contributed by atoms with Crippen molar-refractivity contribution in [2.75, 3.05) is 49.5 Å². The van der Waals surface area contributed by atoms with Gasteiger partial charge in [-0.15, -0.1) is 0 Å². The summed E-state index contributed by atoms with van der Waals surface area (Å²) in [7, 11) is 0. The lowest BCUT2D eigenvalue weighted by Crippen LogP contribution is -2.38. The zero-order valence-electron chi connectivity index (χ0n) is 19.9. The zero-order chi connectivity index (χ0) is 25.7. The second kappa shape index (κ2) is 11.1. The largest absolute Gasteiger partial charge is 0.418 e. The molecule has 7 nitrogen and oxygen atoms in total. The molecule has 0 bridgehead atoms. The number of carbonyl (C=O) groups is 3. The molecule has 192 valence electrons. The smallest absolute Gasteiger partial charge is 0.341 e. The van der Waals surface area contributed by atoms with E-state index < -0.39 is 17.6 Å². The number of carbonyl (C=O) groups excluding carboxylic acids is 3. The van der Waals surface area contributed by atoms with Gasteiger partial charge in [0.25, 0.3) is 0 Å². The van der Waals surface area contributed by atoms with Crippen LogP contribution in [-0.2, 0) is 27.0 Å². The van der Waals surface area contributed by atoms with E-state index >= 15 is 0 Å². The summed E-state index contributed by atoms with van der Waals surface area (Å²) >= 11 is 0. The molecule has 2 aliphatic rings. The number of halogens is 3. The SMILES string of the molecule is O=C(CN1CCCN(C(=O)CCC(=O)N2CCc3ccccc32)CC1)Nc1ccccc1C(F)(F)F. The molecule has 0 aromatic heterocycles. The highest BCUT2D eigenvalue weighted by Crippen LogP contribution is 2.34. The first-order chi connectivity index (χ1) is 17.2. The van der Waals surface area contributed by atoms with Gasteiger partial charge in [-0.1, -0.05) is 30.3 Å². The van der Waals surface area contributed by atoms with Gasteiger partial charge in [-0.3, -0.25) is 19.3 Å². The van der Waals surface area contributed by atoms with E-state index in [0.29, 0.717) is 39.1 Å². The van der Waals surface area contributed by atoms with E-state index in [2.05, 4.69) is 5.32 Å². The van der Waals surface area contributed by atoms with Crippen molar-refractivity contribution in [3.05, 3.63) is 59.7 Å². The van der Waals surface area contributed by atoms with Gasteiger partial charge in [0.2, 0.25) is 17.7 Å². The van der Waals surface area contributed by atoms with Crippen molar-refractivity contribution in [1.82, 2.24) is 9.80 Å². The molecular weight excluding hydrogens is 473 g/mol. The molecule has 2 aromatic rings. The highest BCUT2D eigenvalue weighted by Gasteiger charge is 2.33. The summed E-state index contributed by atoms with van der Waals surface area (Å²) in [5.41, 5.74) is 0.886. The number of anilines is 2. The van der Waals surface area contributed by atoms with Gasteiger partial charge in [0.05, 0.1) is 17.8 Å². The van der Waals surface area contributed by atoms with Crippen LogP contribution in [0.15, 0.2) is 48.5 Å². The molecule has 0 saturated carbocycles. The third-order valence-electron chi connectivity index (χ3n) is 6.56. The number of rotatable bonds is 6.